The Labute approximate surface area is 164 Å². The van der Waals surface area contributed by atoms with E-state index >= 15 is 0 Å². The van der Waals surface area contributed by atoms with E-state index in [4.69, 9.17) is 15.7 Å². The zero-order chi connectivity index (χ0) is 18.8. The van der Waals surface area contributed by atoms with Gasteiger partial charge in [0.2, 0.25) is 11.9 Å². The Morgan fingerprint density at radius 2 is 1.79 bits per heavy atom. The van der Waals surface area contributed by atoms with E-state index in [1.807, 2.05) is 0 Å². The van der Waals surface area contributed by atoms with Gasteiger partial charge in [-0.2, -0.15) is 4.98 Å². The van der Waals surface area contributed by atoms with E-state index in [9.17, 15) is 0 Å². The Morgan fingerprint density at radius 1 is 0.964 bits per heavy atom. The van der Waals surface area contributed by atoms with Gasteiger partial charge in [0.15, 0.2) is 0 Å². The van der Waals surface area contributed by atoms with Crippen molar-refractivity contribution in [3.05, 3.63) is 18.5 Å². The minimum atomic E-state index is 0.287. The number of nitrogens with two attached hydrogens (primary N) is 1. The molecule has 4 saturated heterocycles. The van der Waals surface area contributed by atoms with Gasteiger partial charge in [-0.25, -0.2) is 15.0 Å². The summed E-state index contributed by atoms with van der Waals surface area (Å²) in [5.41, 5.74) is 7.46. The average Bonchev–Trinajstić information content (AvgIpc) is 3.46. The molecule has 0 amide bonds. The first kappa shape index (κ1) is 16.5. The third-order valence-corrected chi connectivity index (χ3v) is 7.09. The van der Waals surface area contributed by atoms with Crippen LogP contribution in [0, 0.1) is 5.92 Å². The second kappa shape index (κ2) is 6.01. The number of nitrogens with zero attached hydrogens (tertiary/aromatic N) is 7. The molecule has 1 aliphatic carbocycles. The standard InChI is InChI=1S/C20H26N8/c1-2-26-10-16-5-15(26)11-27(16)18-6-17(13-7-22-19(21)23-8-13)24-20(25-18)28-9-12-3-14(28)4-12/h6-8,12,14-16H,2-5,9-11H2,1H3,(H2,21,22,23)/t12?,14?,15-,16-/m0/s1. The van der Waals surface area contributed by atoms with E-state index in [1.54, 1.807) is 12.4 Å². The third-order valence-electron chi connectivity index (χ3n) is 7.09. The third kappa shape index (κ3) is 2.47. The molecule has 5 aliphatic rings. The number of likely N-dealkylation sites (N-methyl/N-ethyl adjacent to an activating group) is 1. The summed E-state index contributed by atoms with van der Waals surface area (Å²) in [6.45, 7) is 6.66. The first-order valence-corrected chi connectivity index (χ1v) is 10.4. The lowest BCUT2D eigenvalue weighted by Gasteiger charge is -2.35. The van der Waals surface area contributed by atoms with Gasteiger partial charge in [-0.3, -0.25) is 4.90 Å². The summed E-state index contributed by atoms with van der Waals surface area (Å²) < 4.78 is 0. The van der Waals surface area contributed by atoms with Gasteiger partial charge in [0.05, 0.1) is 5.69 Å². The van der Waals surface area contributed by atoms with Crippen molar-refractivity contribution in [2.45, 2.75) is 44.3 Å². The Kier molecular flexibility index (Phi) is 3.53. The first-order chi connectivity index (χ1) is 13.7. The molecule has 1 saturated carbocycles. The minimum Gasteiger partial charge on any atom is -0.368 e. The van der Waals surface area contributed by atoms with Crippen molar-refractivity contribution in [2.75, 3.05) is 41.7 Å². The zero-order valence-corrected chi connectivity index (χ0v) is 16.2. The van der Waals surface area contributed by atoms with Crippen molar-refractivity contribution in [3.8, 4) is 11.3 Å². The number of anilines is 3. The predicted molar refractivity (Wildman–Crippen MR) is 108 cm³/mol. The monoisotopic (exact) mass is 378 g/mol. The van der Waals surface area contributed by atoms with Crippen molar-refractivity contribution in [3.63, 3.8) is 0 Å². The van der Waals surface area contributed by atoms with Crippen LogP contribution in [-0.4, -0.2) is 69.1 Å². The number of aromatic nitrogens is 4. The number of hydrogen-bond acceptors (Lipinski definition) is 8. The molecule has 4 bridgehead atoms. The molecular weight excluding hydrogens is 352 g/mol. The van der Waals surface area contributed by atoms with Crippen LogP contribution >= 0.6 is 0 Å². The molecule has 28 heavy (non-hydrogen) atoms. The van der Waals surface area contributed by atoms with E-state index in [0.29, 0.717) is 18.1 Å². The van der Waals surface area contributed by atoms with Gasteiger partial charge in [0, 0.05) is 61.8 Å². The molecule has 7 rings (SSSR count). The summed E-state index contributed by atoms with van der Waals surface area (Å²) in [6.07, 6.45) is 7.33. The Morgan fingerprint density at radius 3 is 2.43 bits per heavy atom. The molecule has 146 valence electrons. The van der Waals surface area contributed by atoms with Crippen LogP contribution in [0.1, 0.15) is 26.2 Å². The number of piperazine rings is 1. The fourth-order valence-electron chi connectivity index (χ4n) is 5.51. The summed E-state index contributed by atoms with van der Waals surface area (Å²) in [7, 11) is 0. The highest BCUT2D eigenvalue weighted by atomic mass is 15.4. The number of hydrogen-bond donors (Lipinski definition) is 1. The maximum atomic E-state index is 5.68. The van der Waals surface area contributed by atoms with Crippen LogP contribution in [0.25, 0.3) is 11.3 Å². The van der Waals surface area contributed by atoms with Gasteiger partial charge in [0.25, 0.3) is 0 Å². The SMILES string of the molecule is CCN1C[C@@H]2C[C@H]1CN2c1cc(-c2cnc(N)nc2)nc(N2CC3CC2C3)n1. The van der Waals surface area contributed by atoms with Crippen LogP contribution < -0.4 is 15.5 Å². The highest BCUT2D eigenvalue weighted by Crippen LogP contribution is 2.43. The molecule has 2 N–H and O–H groups in total. The smallest absolute Gasteiger partial charge is 0.228 e. The summed E-state index contributed by atoms with van der Waals surface area (Å²) >= 11 is 0. The van der Waals surface area contributed by atoms with E-state index in [-0.39, 0.29) is 5.95 Å². The normalized spacial score (nSPS) is 30.9. The van der Waals surface area contributed by atoms with Gasteiger partial charge in [-0.05, 0) is 31.7 Å². The van der Waals surface area contributed by atoms with Crippen molar-refractivity contribution in [2.24, 2.45) is 5.92 Å². The lowest BCUT2D eigenvalue weighted by Crippen LogP contribution is -2.46. The van der Waals surface area contributed by atoms with Crippen LogP contribution in [0.4, 0.5) is 17.7 Å². The average molecular weight is 378 g/mol. The largest absolute Gasteiger partial charge is 0.368 e. The molecule has 0 spiro atoms. The molecular formula is C20H26N8. The van der Waals surface area contributed by atoms with Gasteiger partial charge in [0.1, 0.15) is 5.82 Å². The molecule has 8 nitrogen and oxygen atoms in total. The van der Waals surface area contributed by atoms with Gasteiger partial charge in [-0.15, -0.1) is 0 Å². The Hall–Kier alpha value is -2.48. The predicted octanol–water partition coefficient (Wildman–Crippen LogP) is 1.40. The molecule has 2 aromatic heterocycles. The second-order valence-electron chi connectivity index (χ2n) is 8.67. The van der Waals surface area contributed by atoms with E-state index in [1.165, 1.54) is 19.3 Å². The fraction of sp³-hybridized carbons (Fsp3) is 0.600. The topological polar surface area (TPSA) is 87.3 Å². The molecule has 5 fully saturated rings. The quantitative estimate of drug-likeness (QED) is 0.854. The number of fused-ring (bicyclic) bond motifs is 3. The van der Waals surface area contributed by atoms with E-state index in [0.717, 1.165) is 55.1 Å². The van der Waals surface area contributed by atoms with Crippen LogP contribution in [0.15, 0.2) is 18.5 Å². The summed E-state index contributed by atoms with van der Waals surface area (Å²) in [4.78, 5) is 25.8. The number of nitrogen functional groups attached to an aromatic ring is 1. The Balaban J connectivity index is 1.39. The Bertz CT molecular complexity index is 894. The van der Waals surface area contributed by atoms with Gasteiger partial charge >= 0.3 is 0 Å². The lowest BCUT2D eigenvalue weighted by atomic mass is 9.86. The first-order valence-electron chi connectivity index (χ1n) is 10.4. The van der Waals surface area contributed by atoms with Crippen LogP contribution in [-0.2, 0) is 0 Å². The fourth-order valence-corrected chi connectivity index (χ4v) is 5.51. The maximum absolute atomic E-state index is 5.68. The minimum absolute atomic E-state index is 0.287. The summed E-state index contributed by atoms with van der Waals surface area (Å²) in [5.74, 6) is 3.02. The summed E-state index contributed by atoms with van der Waals surface area (Å²) in [5, 5.41) is 0. The van der Waals surface area contributed by atoms with E-state index in [2.05, 4.69) is 37.7 Å². The maximum Gasteiger partial charge on any atom is 0.228 e. The zero-order valence-electron chi connectivity index (χ0n) is 16.2. The molecule has 2 aromatic rings. The van der Waals surface area contributed by atoms with Crippen molar-refractivity contribution in [1.82, 2.24) is 24.8 Å². The molecule has 6 heterocycles. The molecule has 4 aliphatic heterocycles. The van der Waals surface area contributed by atoms with E-state index < -0.39 is 0 Å². The van der Waals surface area contributed by atoms with Crippen LogP contribution in [0.2, 0.25) is 0 Å². The molecule has 0 radical (unpaired) electrons. The highest BCUT2D eigenvalue weighted by molar-refractivity contribution is 5.65. The second-order valence-corrected chi connectivity index (χ2v) is 8.67. The van der Waals surface area contributed by atoms with Gasteiger partial charge in [-0.1, -0.05) is 6.92 Å². The molecule has 2 atom stereocenters. The van der Waals surface area contributed by atoms with Crippen molar-refractivity contribution >= 4 is 17.7 Å². The van der Waals surface area contributed by atoms with Crippen molar-refractivity contribution in [1.29, 1.82) is 0 Å². The number of likely N-dealkylation sites (tertiary alicyclic amines) is 1. The van der Waals surface area contributed by atoms with Crippen molar-refractivity contribution < 1.29 is 0 Å². The molecule has 0 unspecified atom stereocenters. The number of rotatable bonds is 4. The molecule has 0 aromatic carbocycles. The molecule has 8 heteroatoms. The van der Waals surface area contributed by atoms with Gasteiger partial charge < -0.3 is 15.5 Å². The highest BCUT2D eigenvalue weighted by Gasteiger charge is 2.45. The lowest BCUT2D eigenvalue weighted by molar-refractivity contribution is 0.251. The van der Waals surface area contributed by atoms with Crippen LogP contribution in [0.3, 0.4) is 0 Å². The van der Waals surface area contributed by atoms with Crippen LogP contribution in [0.5, 0.6) is 0 Å². The summed E-state index contributed by atoms with van der Waals surface area (Å²) in [6, 6.07) is 3.92.